The SMILES string of the molecule is CNC(C)c1cc(C)ccc1OCc1ccc(F)cc1Cl. The molecule has 0 saturated carbocycles. The van der Waals surface area contributed by atoms with Crippen molar-refractivity contribution in [2.45, 2.75) is 26.5 Å². The number of aryl methyl sites for hydroxylation is 1. The maximum absolute atomic E-state index is 13.0. The summed E-state index contributed by atoms with van der Waals surface area (Å²) in [5.74, 6) is 0.464. The smallest absolute Gasteiger partial charge is 0.124 e. The van der Waals surface area contributed by atoms with Crippen LogP contribution in [-0.2, 0) is 6.61 Å². The third-order valence-electron chi connectivity index (χ3n) is 3.46. The van der Waals surface area contributed by atoms with Gasteiger partial charge in [0.05, 0.1) is 5.02 Å². The summed E-state index contributed by atoms with van der Waals surface area (Å²) < 4.78 is 18.9. The Morgan fingerprint density at radius 3 is 2.67 bits per heavy atom. The fourth-order valence-electron chi connectivity index (χ4n) is 2.09. The summed E-state index contributed by atoms with van der Waals surface area (Å²) in [4.78, 5) is 0. The molecule has 0 saturated heterocycles. The highest BCUT2D eigenvalue weighted by Crippen LogP contribution is 2.28. The number of ether oxygens (including phenoxy) is 1. The number of hydrogen-bond acceptors (Lipinski definition) is 2. The average Bonchev–Trinajstić information content (AvgIpc) is 2.46. The maximum Gasteiger partial charge on any atom is 0.124 e. The first-order chi connectivity index (χ1) is 10.0. The van der Waals surface area contributed by atoms with Crippen LogP contribution in [0.3, 0.4) is 0 Å². The van der Waals surface area contributed by atoms with Crippen molar-refractivity contribution >= 4 is 11.6 Å². The second-order valence-corrected chi connectivity index (χ2v) is 5.48. The lowest BCUT2D eigenvalue weighted by atomic mass is 10.0. The Kier molecular flexibility index (Phi) is 5.21. The molecule has 2 aromatic rings. The van der Waals surface area contributed by atoms with Crippen LogP contribution in [0.4, 0.5) is 4.39 Å². The van der Waals surface area contributed by atoms with Crippen LogP contribution < -0.4 is 10.1 Å². The van der Waals surface area contributed by atoms with Gasteiger partial charge in [-0.2, -0.15) is 0 Å². The topological polar surface area (TPSA) is 21.3 Å². The van der Waals surface area contributed by atoms with Crippen molar-refractivity contribution in [2.24, 2.45) is 0 Å². The number of benzene rings is 2. The second-order valence-electron chi connectivity index (χ2n) is 5.08. The van der Waals surface area contributed by atoms with E-state index in [1.165, 1.54) is 17.7 Å². The standard InChI is InChI=1S/C17H19ClFNO/c1-11-4-7-17(15(8-11)12(2)20-3)21-10-13-5-6-14(19)9-16(13)18/h4-9,12,20H,10H2,1-3H3. The van der Waals surface area contributed by atoms with Gasteiger partial charge in [-0.1, -0.05) is 35.4 Å². The molecule has 112 valence electrons. The molecule has 1 N–H and O–H groups in total. The zero-order valence-corrected chi connectivity index (χ0v) is 13.2. The molecule has 0 bridgehead atoms. The van der Waals surface area contributed by atoms with Crippen molar-refractivity contribution in [2.75, 3.05) is 7.05 Å². The lowest BCUT2D eigenvalue weighted by Gasteiger charge is -2.17. The zero-order chi connectivity index (χ0) is 15.4. The van der Waals surface area contributed by atoms with Gasteiger partial charge >= 0.3 is 0 Å². The van der Waals surface area contributed by atoms with E-state index >= 15 is 0 Å². The molecule has 1 atom stereocenters. The molecule has 0 aliphatic rings. The number of hydrogen-bond donors (Lipinski definition) is 1. The van der Waals surface area contributed by atoms with Crippen LogP contribution in [0.25, 0.3) is 0 Å². The van der Waals surface area contributed by atoms with Crippen molar-refractivity contribution in [3.8, 4) is 5.75 Å². The third-order valence-corrected chi connectivity index (χ3v) is 3.81. The van der Waals surface area contributed by atoms with Gasteiger partial charge in [-0.15, -0.1) is 0 Å². The molecule has 21 heavy (non-hydrogen) atoms. The van der Waals surface area contributed by atoms with Crippen LogP contribution in [0.15, 0.2) is 36.4 Å². The van der Waals surface area contributed by atoms with Crippen LogP contribution in [-0.4, -0.2) is 7.05 Å². The Morgan fingerprint density at radius 1 is 1.24 bits per heavy atom. The van der Waals surface area contributed by atoms with Crippen molar-refractivity contribution in [3.63, 3.8) is 0 Å². The van der Waals surface area contributed by atoms with Crippen LogP contribution in [0.1, 0.15) is 29.7 Å². The van der Waals surface area contributed by atoms with Crippen LogP contribution in [0, 0.1) is 12.7 Å². The number of rotatable bonds is 5. The van der Waals surface area contributed by atoms with E-state index in [1.54, 1.807) is 6.07 Å². The van der Waals surface area contributed by atoms with Gasteiger partial charge in [0.25, 0.3) is 0 Å². The van der Waals surface area contributed by atoms with Gasteiger partial charge < -0.3 is 10.1 Å². The molecule has 2 rings (SSSR count). The summed E-state index contributed by atoms with van der Waals surface area (Å²) in [6.07, 6.45) is 0. The summed E-state index contributed by atoms with van der Waals surface area (Å²) in [5, 5.41) is 3.59. The van der Waals surface area contributed by atoms with Gasteiger partial charge in [-0.25, -0.2) is 4.39 Å². The molecule has 0 heterocycles. The molecule has 0 aromatic heterocycles. The molecule has 0 aliphatic carbocycles. The molecule has 1 unspecified atom stereocenters. The highest BCUT2D eigenvalue weighted by molar-refractivity contribution is 6.31. The van der Waals surface area contributed by atoms with Gasteiger partial charge in [0.2, 0.25) is 0 Å². The molecule has 2 aromatic carbocycles. The third kappa shape index (κ3) is 3.96. The van der Waals surface area contributed by atoms with Crippen molar-refractivity contribution in [1.82, 2.24) is 5.32 Å². The Balaban J connectivity index is 2.19. The van der Waals surface area contributed by atoms with Crippen LogP contribution >= 0.6 is 11.6 Å². The maximum atomic E-state index is 13.0. The first kappa shape index (κ1) is 15.8. The van der Waals surface area contributed by atoms with E-state index in [0.29, 0.717) is 11.6 Å². The molecule has 0 radical (unpaired) electrons. The molecule has 2 nitrogen and oxygen atoms in total. The molecule has 0 spiro atoms. The highest BCUT2D eigenvalue weighted by Gasteiger charge is 2.11. The predicted octanol–water partition coefficient (Wildman–Crippen LogP) is 4.65. The van der Waals surface area contributed by atoms with Crippen molar-refractivity contribution in [3.05, 3.63) is 63.9 Å². The Hall–Kier alpha value is -1.58. The number of nitrogens with one attached hydrogen (secondary N) is 1. The molecule has 4 heteroatoms. The highest BCUT2D eigenvalue weighted by atomic mass is 35.5. The summed E-state index contributed by atoms with van der Waals surface area (Å²) in [5.41, 5.74) is 3.04. The quantitative estimate of drug-likeness (QED) is 0.868. The summed E-state index contributed by atoms with van der Waals surface area (Å²) in [6.45, 7) is 4.44. The zero-order valence-electron chi connectivity index (χ0n) is 12.4. The van der Waals surface area contributed by atoms with E-state index in [9.17, 15) is 4.39 Å². The summed E-state index contributed by atoms with van der Waals surface area (Å²) in [7, 11) is 1.91. The van der Waals surface area contributed by atoms with Crippen LogP contribution in [0.2, 0.25) is 5.02 Å². The van der Waals surface area contributed by atoms with Gasteiger partial charge in [0.1, 0.15) is 18.2 Å². The number of halogens is 2. The summed E-state index contributed by atoms with van der Waals surface area (Å²) in [6, 6.07) is 10.6. The van der Waals surface area contributed by atoms with Crippen molar-refractivity contribution in [1.29, 1.82) is 0 Å². The van der Waals surface area contributed by atoms with E-state index in [2.05, 4.69) is 18.3 Å². The van der Waals surface area contributed by atoms with Gasteiger partial charge in [0.15, 0.2) is 0 Å². The average molecular weight is 308 g/mol. The molecular weight excluding hydrogens is 289 g/mol. The summed E-state index contributed by atoms with van der Waals surface area (Å²) >= 11 is 6.02. The van der Waals surface area contributed by atoms with E-state index in [1.807, 2.05) is 26.1 Å². The van der Waals surface area contributed by atoms with Gasteiger partial charge in [-0.3, -0.25) is 0 Å². The second kappa shape index (κ2) is 6.92. The monoisotopic (exact) mass is 307 g/mol. The Bertz CT molecular complexity index is 630. The minimum atomic E-state index is -0.344. The Morgan fingerprint density at radius 2 is 2.00 bits per heavy atom. The normalized spacial score (nSPS) is 12.2. The fraction of sp³-hybridized carbons (Fsp3) is 0.294. The van der Waals surface area contributed by atoms with E-state index < -0.39 is 0 Å². The van der Waals surface area contributed by atoms with E-state index in [4.69, 9.17) is 16.3 Å². The molecule has 0 fully saturated rings. The first-order valence-corrected chi connectivity index (χ1v) is 7.23. The fourth-order valence-corrected chi connectivity index (χ4v) is 2.31. The first-order valence-electron chi connectivity index (χ1n) is 6.86. The minimum Gasteiger partial charge on any atom is -0.489 e. The van der Waals surface area contributed by atoms with Crippen LogP contribution in [0.5, 0.6) is 5.75 Å². The minimum absolute atomic E-state index is 0.184. The van der Waals surface area contributed by atoms with E-state index in [0.717, 1.165) is 16.9 Å². The predicted molar refractivity (Wildman–Crippen MR) is 84.4 cm³/mol. The van der Waals surface area contributed by atoms with E-state index in [-0.39, 0.29) is 11.9 Å². The Labute approximate surface area is 129 Å². The molecule has 0 amide bonds. The lowest BCUT2D eigenvalue weighted by Crippen LogP contribution is -2.14. The largest absolute Gasteiger partial charge is 0.489 e. The van der Waals surface area contributed by atoms with Crippen molar-refractivity contribution < 1.29 is 9.13 Å². The lowest BCUT2D eigenvalue weighted by molar-refractivity contribution is 0.300. The molecular formula is C17H19ClFNO. The molecule has 0 aliphatic heterocycles. The van der Waals surface area contributed by atoms with Gasteiger partial charge in [-0.05, 0) is 39.1 Å². The van der Waals surface area contributed by atoms with Gasteiger partial charge in [0, 0.05) is 17.2 Å².